The molecule has 1 aromatic rings. The number of nitrogens with zero attached hydrogens (tertiary/aromatic N) is 1. The fraction of sp³-hybridized carbons (Fsp3) is 0.732. The number of nitrogens with one attached hydrogen (secondary N) is 2. The molecule has 2 bridgehead atoms. The highest BCUT2D eigenvalue weighted by Crippen LogP contribution is 2.58. The molecule has 298 valence electrons. The second kappa shape index (κ2) is 16.7. The van der Waals surface area contributed by atoms with Crippen LogP contribution in [0.25, 0.3) is 6.08 Å². The van der Waals surface area contributed by atoms with Gasteiger partial charge in [-0.15, -0.1) is 0 Å². The first kappa shape index (κ1) is 39.3. The van der Waals surface area contributed by atoms with Gasteiger partial charge in [-0.3, -0.25) is 19.2 Å². The molecule has 4 heterocycles. The quantitative estimate of drug-likeness (QED) is 0.0981. The van der Waals surface area contributed by atoms with E-state index in [2.05, 4.69) is 36.6 Å². The number of ether oxygens (including phenoxy) is 4. The number of hydroxylamine groups is 2. The summed E-state index contributed by atoms with van der Waals surface area (Å²) >= 11 is 0. The van der Waals surface area contributed by atoms with Crippen LogP contribution in [0.2, 0.25) is 0 Å². The van der Waals surface area contributed by atoms with Gasteiger partial charge in [0.2, 0.25) is 11.8 Å². The Labute approximate surface area is 318 Å². The summed E-state index contributed by atoms with van der Waals surface area (Å²) in [5, 5.41) is 26.9. The Hall–Kier alpha value is -2.91. The number of benzene rings is 1. The summed E-state index contributed by atoms with van der Waals surface area (Å²) in [6.45, 7) is 5.55. The van der Waals surface area contributed by atoms with Crippen LogP contribution in [-0.2, 0) is 44.7 Å². The summed E-state index contributed by atoms with van der Waals surface area (Å²) in [6.07, 6.45) is 11.3. The topological polar surface area (TPSA) is 168 Å². The van der Waals surface area contributed by atoms with Crippen molar-refractivity contribution in [3.63, 3.8) is 0 Å². The molecule has 4 N–H and O–H groups in total. The predicted molar refractivity (Wildman–Crippen MR) is 197 cm³/mol. The second-order valence-electron chi connectivity index (χ2n) is 16.3. The lowest BCUT2D eigenvalue weighted by molar-refractivity contribution is -0.224. The lowest BCUT2D eigenvalue weighted by Gasteiger charge is -2.49. The largest absolute Gasteiger partial charge is 0.458 e. The number of esters is 1. The first-order valence-electron chi connectivity index (χ1n) is 20.4. The Morgan fingerprint density at radius 3 is 2.46 bits per heavy atom. The van der Waals surface area contributed by atoms with E-state index in [1.807, 2.05) is 24.3 Å². The van der Waals surface area contributed by atoms with E-state index in [0.717, 1.165) is 68.9 Å². The zero-order valence-electron chi connectivity index (χ0n) is 32.0. The molecule has 11 atom stereocenters. The van der Waals surface area contributed by atoms with Crippen LogP contribution in [0.1, 0.15) is 109 Å². The van der Waals surface area contributed by atoms with Crippen LogP contribution >= 0.6 is 0 Å². The Bertz CT molecular complexity index is 1530. The average Bonchev–Trinajstić information content (AvgIpc) is 3.70. The number of carbonyl (C=O) groups is 3. The van der Waals surface area contributed by atoms with Gasteiger partial charge in [-0.05, 0) is 56.1 Å². The normalized spacial score (nSPS) is 34.5. The number of epoxide rings is 1. The number of allylic oxidation sites excluding steroid dienone is 1. The van der Waals surface area contributed by atoms with Crippen molar-refractivity contribution >= 4 is 23.9 Å². The third-order valence-electron chi connectivity index (χ3n) is 12.4. The van der Waals surface area contributed by atoms with Crippen molar-refractivity contribution < 1.29 is 48.4 Å². The van der Waals surface area contributed by atoms with E-state index >= 15 is 0 Å². The van der Waals surface area contributed by atoms with E-state index in [-0.39, 0.29) is 26.1 Å². The number of carbonyl (C=O) groups excluding carboxylic acids is 3. The molecule has 0 radical (unpaired) electrons. The van der Waals surface area contributed by atoms with Crippen LogP contribution in [0.3, 0.4) is 0 Å². The highest BCUT2D eigenvalue weighted by atomic mass is 16.8. The maximum absolute atomic E-state index is 14.9. The summed E-state index contributed by atoms with van der Waals surface area (Å²) in [7, 11) is 0. The molecule has 2 amide bonds. The molecule has 0 aromatic heterocycles. The minimum atomic E-state index is -1.52. The van der Waals surface area contributed by atoms with Gasteiger partial charge in [0.15, 0.2) is 11.8 Å². The molecule has 2 saturated carbocycles. The maximum Gasteiger partial charge on any atom is 0.327 e. The number of fused-ring (bicyclic) bond motifs is 5. The van der Waals surface area contributed by atoms with E-state index in [9.17, 15) is 24.6 Å². The van der Waals surface area contributed by atoms with Crippen molar-refractivity contribution in [2.45, 2.75) is 165 Å². The van der Waals surface area contributed by atoms with Crippen molar-refractivity contribution in [1.29, 1.82) is 0 Å². The van der Waals surface area contributed by atoms with Gasteiger partial charge in [0.1, 0.15) is 35.9 Å². The van der Waals surface area contributed by atoms with Crippen molar-refractivity contribution in [3.8, 4) is 0 Å². The molecular weight excluding hydrogens is 694 g/mol. The summed E-state index contributed by atoms with van der Waals surface area (Å²) in [5.74, 6) is -2.34. The summed E-state index contributed by atoms with van der Waals surface area (Å²) in [4.78, 5) is 49.1. The number of unbranched alkanes of at least 4 members (excludes halogenated alkanes) is 4. The highest BCUT2D eigenvalue weighted by molar-refractivity contribution is 5.96. The third kappa shape index (κ3) is 7.74. The SMILES string of the molecule is CCCCCC1(CCCCC)O[C@@H]2[C@H](O1)[C@H]1ON(Cc3ccccc3C=CC3CCC4OC4C3)[C@H]3C(=O)O[C@@H]2C[C@@]13C(=O)N[C@@H](C(=O)NCCO)[C@H](C)O. The first-order valence-corrected chi connectivity index (χ1v) is 20.4. The zero-order chi connectivity index (χ0) is 38.0. The molecular formula is C41H59N3O10. The standard InChI is InChI=1S/C41H59N3O10/c1-4-6-10-18-40(19-11-7-5-2)52-33-31-23-41(39(49)43-32(25(3)46)37(47)42-20-21-45)35(38(48)51-31)44(54-36(41)34(33)53-40)24-28-13-9-8-12-27(28)16-14-26-15-17-29-30(22-26)50-29/h8-9,12-14,16,25-26,29-36,45-46H,4-7,10-11,15,17-24H2,1-3H3,(H,42,47)(H,43,49)/t25-,26?,29?,30?,31+,32+,33-,34-,35-,36+,41-/m0/s1. The number of aliphatic hydroxyl groups excluding tert-OH is 2. The van der Waals surface area contributed by atoms with Crippen molar-refractivity contribution in [3.05, 3.63) is 41.5 Å². The van der Waals surface area contributed by atoms with E-state index in [4.69, 9.17) is 23.8 Å². The molecule has 0 spiro atoms. The molecule has 6 fully saturated rings. The number of rotatable bonds is 18. The lowest BCUT2D eigenvalue weighted by Crippen LogP contribution is -2.71. The first-order chi connectivity index (χ1) is 26.1. The van der Waals surface area contributed by atoms with Gasteiger partial charge < -0.3 is 39.8 Å². The summed E-state index contributed by atoms with van der Waals surface area (Å²) in [6, 6.07) is 5.45. The van der Waals surface area contributed by atoms with Crippen molar-refractivity contribution in [2.75, 3.05) is 13.2 Å². The molecule has 4 aliphatic heterocycles. The zero-order valence-corrected chi connectivity index (χ0v) is 32.0. The fourth-order valence-electron chi connectivity index (χ4n) is 9.53. The van der Waals surface area contributed by atoms with Gasteiger partial charge >= 0.3 is 5.97 Å². The smallest absolute Gasteiger partial charge is 0.327 e. The maximum atomic E-state index is 14.9. The van der Waals surface area contributed by atoms with Crippen LogP contribution in [0.5, 0.6) is 0 Å². The van der Waals surface area contributed by atoms with Gasteiger partial charge in [-0.25, -0.2) is 0 Å². The Kier molecular flexibility index (Phi) is 12.1. The average molecular weight is 754 g/mol. The molecule has 1 aromatic carbocycles. The number of hydrogen-bond acceptors (Lipinski definition) is 11. The number of amides is 2. The van der Waals surface area contributed by atoms with Gasteiger partial charge in [0.05, 0.1) is 31.5 Å². The van der Waals surface area contributed by atoms with E-state index in [1.54, 1.807) is 5.06 Å². The van der Waals surface area contributed by atoms with Crippen LogP contribution in [0.4, 0.5) is 0 Å². The fourth-order valence-corrected chi connectivity index (χ4v) is 9.53. The minimum Gasteiger partial charge on any atom is -0.458 e. The van der Waals surface area contributed by atoms with Crippen molar-refractivity contribution in [2.24, 2.45) is 11.3 Å². The summed E-state index contributed by atoms with van der Waals surface area (Å²) in [5.41, 5.74) is 0.369. The molecule has 4 saturated heterocycles. The Morgan fingerprint density at radius 1 is 1.02 bits per heavy atom. The number of hydrogen-bond donors (Lipinski definition) is 4. The highest BCUT2D eigenvalue weighted by Gasteiger charge is 2.76. The van der Waals surface area contributed by atoms with Gasteiger partial charge in [-0.1, -0.05) is 75.9 Å². The molecule has 13 nitrogen and oxygen atoms in total. The Morgan fingerprint density at radius 2 is 1.76 bits per heavy atom. The predicted octanol–water partition coefficient (Wildman–Crippen LogP) is 3.68. The van der Waals surface area contributed by atoms with Crippen LogP contribution in [-0.4, -0.2) is 107 Å². The van der Waals surface area contributed by atoms with Crippen LogP contribution in [0, 0.1) is 11.3 Å². The van der Waals surface area contributed by atoms with E-state index in [0.29, 0.717) is 31.0 Å². The third-order valence-corrected chi connectivity index (χ3v) is 12.4. The Balaban J connectivity index is 1.22. The van der Waals surface area contributed by atoms with E-state index < -0.39 is 71.6 Å². The van der Waals surface area contributed by atoms with Gasteiger partial charge in [0.25, 0.3) is 0 Å². The van der Waals surface area contributed by atoms with Crippen molar-refractivity contribution in [1.82, 2.24) is 15.7 Å². The van der Waals surface area contributed by atoms with Crippen LogP contribution < -0.4 is 10.6 Å². The van der Waals surface area contributed by atoms with Gasteiger partial charge in [-0.2, -0.15) is 5.06 Å². The molecule has 7 rings (SSSR count). The van der Waals surface area contributed by atoms with Crippen LogP contribution in [0.15, 0.2) is 30.3 Å². The monoisotopic (exact) mass is 753 g/mol. The molecule has 54 heavy (non-hydrogen) atoms. The summed E-state index contributed by atoms with van der Waals surface area (Å²) < 4.78 is 25.8. The van der Waals surface area contributed by atoms with Gasteiger partial charge in [0, 0.05) is 25.8 Å². The number of aliphatic hydroxyl groups is 2. The second-order valence-corrected chi connectivity index (χ2v) is 16.3. The molecule has 13 heteroatoms. The molecule has 6 aliphatic rings. The molecule has 2 aliphatic carbocycles. The molecule has 3 unspecified atom stereocenters. The van der Waals surface area contributed by atoms with E-state index in [1.165, 1.54) is 6.92 Å². The lowest BCUT2D eigenvalue weighted by atomic mass is 9.62. The minimum absolute atomic E-state index is 0.0455.